The van der Waals surface area contributed by atoms with Crippen molar-refractivity contribution < 1.29 is 14.6 Å². The number of para-hydroxylation sites is 1. The summed E-state index contributed by atoms with van der Waals surface area (Å²) in [6.07, 6.45) is 0.452. The van der Waals surface area contributed by atoms with E-state index in [0.29, 0.717) is 23.7 Å². The fourth-order valence-corrected chi connectivity index (χ4v) is 2.56. The highest BCUT2D eigenvalue weighted by Crippen LogP contribution is 2.30. The molecule has 22 heavy (non-hydrogen) atoms. The number of methoxy groups -OCH3 is 1. The van der Waals surface area contributed by atoms with E-state index in [1.807, 2.05) is 30.3 Å². The summed E-state index contributed by atoms with van der Waals surface area (Å²) < 4.78 is 5.30. The first-order chi connectivity index (χ1) is 10.5. The molecule has 0 fully saturated rings. The van der Waals surface area contributed by atoms with E-state index in [0.717, 1.165) is 5.56 Å². The summed E-state index contributed by atoms with van der Waals surface area (Å²) in [5.74, 6) is -0.356. The highest BCUT2D eigenvalue weighted by Gasteiger charge is 2.23. The van der Waals surface area contributed by atoms with Crippen LogP contribution in [0.1, 0.15) is 42.4 Å². The van der Waals surface area contributed by atoms with E-state index in [1.54, 1.807) is 13.2 Å². The Kier molecular flexibility index (Phi) is 5.21. The molecule has 1 N–H and O–H groups in total. The van der Waals surface area contributed by atoms with Crippen LogP contribution in [0, 0.1) is 0 Å². The first kappa shape index (κ1) is 16.1. The van der Waals surface area contributed by atoms with E-state index in [9.17, 15) is 9.90 Å². The topological polar surface area (TPSA) is 46.5 Å². The van der Waals surface area contributed by atoms with Gasteiger partial charge in [0.05, 0.1) is 13.0 Å². The van der Waals surface area contributed by atoms with E-state index in [-0.39, 0.29) is 0 Å². The van der Waals surface area contributed by atoms with Crippen LogP contribution < -0.4 is 4.74 Å². The second kappa shape index (κ2) is 7.12. The number of carboxylic acids is 1. The number of aliphatic carboxylic acids is 1. The van der Waals surface area contributed by atoms with Crippen LogP contribution in [0.15, 0.2) is 48.5 Å². The minimum Gasteiger partial charge on any atom is -0.496 e. The van der Waals surface area contributed by atoms with Crippen LogP contribution in [-0.2, 0) is 11.2 Å². The highest BCUT2D eigenvalue weighted by molar-refractivity contribution is 5.77. The molecule has 0 bridgehead atoms. The average molecular weight is 298 g/mol. The normalized spacial score (nSPS) is 12.2. The number of ether oxygens (including phenoxy) is 1. The number of carboxylic acid groups (broad SMARTS) is 1. The Labute approximate surface area is 131 Å². The largest absolute Gasteiger partial charge is 0.496 e. The van der Waals surface area contributed by atoms with Gasteiger partial charge in [0, 0.05) is 5.56 Å². The molecule has 3 nitrogen and oxygen atoms in total. The molecular weight excluding hydrogens is 276 g/mol. The highest BCUT2D eigenvalue weighted by atomic mass is 16.5. The van der Waals surface area contributed by atoms with Gasteiger partial charge in [-0.25, -0.2) is 0 Å². The van der Waals surface area contributed by atoms with Crippen molar-refractivity contribution in [2.24, 2.45) is 0 Å². The zero-order chi connectivity index (χ0) is 16.1. The molecule has 0 amide bonds. The molecule has 116 valence electrons. The van der Waals surface area contributed by atoms with E-state index in [2.05, 4.69) is 26.0 Å². The first-order valence-electron chi connectivity index (χ1n) is 7.47. The van der Waals surface area contributed by atoms with Gasteiger partial charge in [-0.1, -0.05) is 56.3 Å². The standard InChI is InChI=1S/C19H22O3/c1-13(2)15-10-8-14(9-11-15)12-17(19(20)21)16-6-4-5-7-18(16)22-3/h4-11,13,17H,12H2,1-3H3,(H,20,21). The van der Waals surface area contributed by atoms with Crippen molar-refractivity contribution in [3.8, 4) is 5.75 Å². The molecule has 1 unspecified atom stereocenters. The molecule has 0 saturated carbocycles. The number of hydrogen-bond acceptors (Lipinski definition) is 2. The molecule has 3 heteroatoms. The SMILES string of the molecule is COc1ccccc1C(Cc1ccc(C(C)C)cc1)C(=O)O. The van der Waals surface area contributed by atoms with Crippen LogP contribution in [0.2, 0.25) is 0 Å². The van der Waals surface area contributed by atoms with Gasteiger partial charge in [-0.05, 0) is 29.5 Å². The Hall–Kier alpha value is -2.29. The first-order valence-corrected chi connectivity index (χ1v) is 7.47. The monoisotopic (exact) mass is 298 g/mol. The lowest BCUT2D eigenvalue weighted by Gasteiger charge is -2.16. The summed E-state index contributed by atoms with van der Waals surface area (Å²) in [5, 5.41) is 9.60. The molecule has 0 spiro atoms. The smallest absolute Gasteiger partial charge is 0.311 e. The Bertz CT molecular complexity index is 629. The third-order valence-corrected chi connectivity index (χ3v) is 3.90. The molecule has 0 aliphatic rings. The Morgan fingerprint density at radius 3 is 2.27 bits per heavy atom. The summed E-state index contributed by atoms with van der Waals surface area (Å²) >= 11 is 0. The molecule has 0 heterocycles. The van der Waals surface area contributed by atoms with Crippen molar-refractivity contribution in [2.75, 3.05) is 7.11 Å². The predicted octanol–water partition coefficient (Wildman–Crippen LogP) is 4.23. The van der Waals surface area contributed by atoms with Crippen LogP contribution >= 0.6 is 0 Å². The maximum Gasteiger partial charge on any atom is 0.311 e. The zero-order valence-corrected chi connectivity index (χ0v) is 13.2. The van der Waals surface area contributed by atoms with Crippen molar-refractivity contribution >= 4 is 5.97 Å². The molecule has 0 aromatic heterocycles. The Morgan fingerprint density at radius 1 is 1.09 bits per heavy atom. The molecule has 2 aromatic carbocycles. The second-order valence-corrected chi connectivity index (χ2v) is 5.73. The Morgan fingerprint density at radius 2 is 1.73 bits per heavy atom. The molecule has 0 aliphatic heterocycles. The van der Waals surface area contributed by atoms with Gasteiger partial charge in [-0.3, -0.25) is 4.79 Å². The van der Waals surface area contributed by atoms with Crippen LogP contribution in [-0.4, -0.2) is 18.2 Å². The van der Waals surface area contributed by atoms with Crippen LogP contribution in [0.25, 0.3) is 0 Å². The van der Waals surface area contributed by atoms with Gasteiger partial charge in [0.25, 0.3) is 0 Å². The van der Waals surface area contributed by atoms with Crippen molar-refractivity contribution in [2.45, 2.75) is 32.1 Å². The molecule has 0 aliphatic carbocycles. The Balaban J connectivity index is 2.27. The second-order valence-electron chi connectivity index (χ2n) is 5.73. The van der Waals surface area contributed by atoms with Crippen molar-refractivity contribution in [3.05, 3.63) is 65.2 Å². The number of hydrogen-bond donors (Lipinski definition) is 1. The summed E-state index contributed by atoms with van der Waals surface area (Å²) in [7, 11) is 1.56. The predicted molar refractivity (Wildman–Crippen MR) is 87.6 cm³/mol. The molecule has 0 saturated heterocycles. The quantitative estimate of drug-likeness (QED) is 0.868. The molecule has 1 atom stereocenters. The lowest BCUT2D eigenvalue weighted by molar-refractivity contribution is -0.138. The van der Waals surface area contributed by atoms with E-state index >= 15 is 0 Å². The zero-order valence-electron chi connectivity index (χ0n) is 13.2. The van der Waals surface area contributed by atoms with Gasteiger partial charge in [0.2, 0.25) is 0 Å². The minimum atomic E-state index is -0.836. The van der Waals surface area contributed by atoms with Crippen LogP contribution in [0.5, 0.6) is 5.75 Å². The summed E-state index contributed by atoms with van der Waals surface area (Å²) in [4.78, 5) is 11.7. The van der Waals surface area contributed by atoms with Gasteiger partial charge in [0.1, 0.15) is 5.75 Å². The third-order valence-electron chi connectivity index (χ3n) is 3.90. The van der Waals surface area contributed by atoms with Gasteiger partial charge in [-0.15, -0.1) is 0 Å². The van der Waals surface area contributed by atoms with Crippen molar-refractivity contribution in [3.63, 3.8) is 0 Å². The number of carbonyl (C=O) groups is 1. The minimum absolute atomic E-state index is 0.452. The van der Waals surface area contributed by atoms with E-state index in [1.165, 1.54) is 5.56 Å². The van der Waals surface area contributed by atoms with E-state index in [4.69, 9.17) is 4.74 Å². The van der Waals surface area contributed by atoms with Crippen molar-refractivity contribution in [1.82, 2.24) is 0 Å². The summed E-state index contributed by atoms with van der Waals surface area (Å²) in [6.45, 7) is 4.29. The van der Waals surface area contributed by atoms with E-state index < -0.39 is 11.9 Å². The van der Waals surface area contributed by atoms with Crippen LogP contribution in [0.4, 0.5) is 0 Å². The lowest BCUT2D eigenvalue weighted by Crippen LogP contribution is -2.15. The fourth-order valence-electron chi connectivity index (χ4n) is 2.56. The summed E-state index contributed by atoms with van der Waals surface area (Å²) in [6, 6.07) is 15.5. The maximum absolute atomic E-state index is 11.7. The lowest BCUT2D eigenvalue weighted by atomic mass is 9.90. The fraction of sp³-hybridized carbons (Fsp3) is 0.316. The van der Waals surface area contributed by atoms with Gasteiger partial charge >= 0.3 is 5.97 Å². The average Bonchev–Trinajstić information content (AvgIpc) is 2.52. The maximum atomic E-state index is 11.7. The molecule has 0 radical (unpaired) electrons. The molecule has 2 aromatic rings. The van der Waals surface area contributed by atoms with Gasteiger partial charge in [-0.2, -0.15) is 0 Å². The number of benzene rings is 2. The van der Waals surface area contributed by atoms with Gasteiger partial charge in [0.15, 0.2) is 0 Å². The molecule has 2 rings (SSSR count). The molecular formula is C19H22O3. The van der Waals surface area contributed by atoms with Crippen molar-refractivity contribution in [1.29, 1.82) is 0 Å². The third kappa shape index (κ3) is 3.67. The number of rotatable bonds is 6. The van der Waals surface area contributed by atoms with Gasteiger partial charge < -0.3 is 9.84 Å². The van der Waals surface area contributed by atoms with Crippen LogP contribution in [0.3, 0.4) is 0 Å². The summed E-state index contributed by atoms with van der Waals surface area (Å²) in [5.41, 5.74) is 2.99.